The fraction of sp³-hybridized carbons (Fsp3) is 1.00. The van der Waals surface area contributed by atoms with Crippen LogP contribution in [-0.4, -0.2) is 51.4 Å². The summed E-state index contributed by atoms with van der Waals surface area (Å²) in [5.74, 6) is 0.733. The van der Waals surface area contributed by atoms with E-state index in [2.05, 4.69) is 59.6 Å². The number of hydrogen-bond acceptors (Lipinski definition) is 2. The first kappa shape index (κ1) is 15.9. The number of hydrogen-bond donors (Lipinski definition) is 2. The van der Waals surface area contributed by atoms with Gasteiger partial charge in [0.25, 0.3) is 0 Å². The van der Waals surface area contributed by atoms with Crippen molar-refractivity contribution in [2.45, 2.75) is 45.8 Å². The van der Waals surface area contributed by atoms with Crippen LogP contribution in [0.25, 0.3) is 0 Å². The van der Waals surface area contributed by atoms with Crippen molar-refractivity contribution in [1.82, 2.24) is 10.6 Å². The van der Waals surface area contributed by atoms with Crippen molar-refractivity contribution >= 4 is 0 Å². The molecule has 3 nitrogen and oxygen atoms in total. The quantitative estimate of drug-likeness (QED) is 0.489. The van der Waals surface area contributed by atoms with Gasteiger partial charge >= 0.3 is 0 Å². The van der Waals surface area contributed by atoms with Crippen molar-refractivity contribution in [2.24, 2.45) is 5.92 Å². The van der Waals surface area contributed by atoms with E-state index >= 15 is 0 Å². The van der Waals surface area contributed by atoms with Gasteiger partial charge in [0.05, 0.1) is 26.7 Å². The Balaban J connectivity index is 4.52. The zero-order valence-corrected chi connectivity index (χ0v) is 12.3. The van der Waals surface area contributed by atoms with Gasteiger partial charge in [-0.1, -0.05) is 27.2 Å². The molecule has 0 aliphatic rings. The van der Waals surface area contributed by atoms with Gasteiger partial charge in [-0.3, -0.25) is 5.32 Å². The summed E-state index contributed by atoms with van der Waals surface area (Å²) in [6.07, 6.45) is 2.95. The normalized spacial score (nSPS) is 18.2. The Hall–Kier alpha value is -0.120. The molecule has 3 atom stereocenters. The Morgan fingerprint density at radius 2 is 1.56 bits per heavy atom. The molecule has 0 bridgehead atoms. The molecule has 0 aliphatic carbocycles. The topological polar surface area (TPSA) is 24.1 Å². The number of quaternary nitrogens is 1. The molecule has 2 N–H and O–H groups in total. The molecule has 3 heteroatoms. The third-order valence-electron chi connectivity index (χ3n) is 3.93. The Morgan fingerprint density at radius 3 is 1.88 bits per heavy atom. The average molecular weight is 230 g/mol. The van der Waals surface area contributed by atoms with E-state index in [9.17, 15) is 0 Å². The van der Waals surface area contributed by atoms with E-state index in [-0.39, 0.29) is 0 Å². The third-order valence-corrected chi connectivity index (χ3v) is 3.93. The van der Waals surface area contributed by atoms with E-state index in [0.717, 1.165) is 10.4 Å². The summed E-state index contributed by atoms with van der Waals surface area (Å²) in [4.78, 5) is 0. The van der Waals surface area contributed by atoms with Crippen molar-refractivity contribution < 1.29 is 4.48 Å². The molecule has 0 amide bonds. The van der Waals surface area contributed by atoms with Gasteiger partial charge in [0.2, 0.25) is 0 Å². The van der Waals surface area contributed by atoms with E-state index in [4.69, 9.17) is 0 Å². The molecule has 0 aromatic heterocycles. The molecule has 98 valence electrons. The highest BCUT2D eigenvalue weighted by molar-refractivity contribution is 4.71. The lowest BCUT2D eigenvalue weighted by Crippen LogP contribution is -2.60. The Kier molecular flexibility index (Phi) is 7.20. The molecule has 3 unspecified atom stereocenters. The predicted octanol–water partition coefficient (Wildman–Crippen LogP) is 1.65. The maximum atomic E-state index is 3.47. The summed E-state index contributed by atoms with van der Waals surface area (Å²) < 4.78 is 1.03. The van der Waals surface area contributed by atoms with Gasteiger partial charge in [0, 0.05) is 6.42 Å². The summed E-state index contributed by atoms with van der Waals surface area (Å²) in [7, 11) is 8.78. The van der Waals surface area contributed by atoms with Crippen LogP contribution in [0.4, 0.5) is 0 Å². The molecule has 0 rings (SSSR count). The largest absolute Gasteiger partial charge is 0.312 e. The minimum Gasteiger partial charge on any atom is -0.312 e. The van der Waals surface area contributed by atoms with Crippen LogP contribution < -0.4 is 10.6 Å². The molecule has 0 heterocycles. The van der Waals surface area contributed by atoms with E-state index < -0.39 is 0 Å². The maximum Gasteiger partial charge on any atom is 0.141 e. The fourth-order valence-corrected chi connectivity index (χ4v) is 2.52. The van der Waals surface area contributed by atoms with Gasteiger partial charge in [-0.05, 0) is 20.0 Å². The van der Waals surface area contributed by atoms with Crippen molar-refractivity contribution in [1.29, 1.82) is 0 Å². The van der Waals surface area contributed by atoms with E-state index in [1.165, 1.54) is 19.4 Å². The fourth-order valence-electron chi connectivity index (χ4n) is 2.52. The molecule has 0 spiro atoms. The maximum absolute atomic E-state index is 3.47. The van der Waals surface area contributed by atoms with Gasteiger partial charge < -0.3 is 9.80 Å². The van der Waals surface area contributed by atoms with Crippen molar-refractivity contribution in [3.05, 3.63) is 0 Å². The molecule has 16 heavy (non-hydrogen) atoms. The van der Waals surface area contributed by atoms with Crippen LogP contribution in [0.5, 0.6) is 0 Å². The van der Waals surface area contributed by atoms with Gasteiger partial charge in [0.1, 0.15) is 6.17 Å². The molecule has 0 aliphatic heterocycles. The summed E-state index contributed by atoms with van der Waals surface area (Å²) >= 11 is 0. The zero-order valence-electron chi connectivity index (χ0n) is 12.3. The first-order chi connectivity index (χ1) is 7.42. The van der Waals surface area contributed by atoms with E-state index in [0.29, 0.717) is 12.2 Å². The summed E-state index contributed by atoms with van der Waals surface area (Å²) in [5.41, 5.74) is 0. The van der Waals surface area contributed by atoms with Gasteiger partial charge in [0.15, 0.2) is 0 Å². The molecular formula is C13H32N3+. The van der Waals surface area contributed by atoms with Gasteiger partial charge in [-0.15, -0.1) is 0 Å². The average Bonchev–Trinajstić information content (AvgIpc) is 2.26. The standard InChI is InChI=1S/C13H32N3/c1-8-11(3)12(14-4)10-16(6,7)13(9-2)15-5/h11-15H,8-10H2,1-7H3/q+1. The van der Waals surface area contributed by atoms with Crippen LogP contribution in [0.3, 0.4) is 0 Å². The lowest BCUT2D eigenvalue weighted by molar-refractivity contribution is -0.919. The minimum atomic E-state index is 0.542. The predicted molar refractivity (Wildman–Crippen MR) is 72.4 cm³/mol. The first-order valence-corrected chi connectivity index (χ1v) is 6.60. The summed E-state index contributed by atoms with van der Waals surface area (Å²) in [6, 6.07) is 0.599. The van der Waals surface area contributed by atoms with Crippen LogP contribution in [0, 0.1) is 5.92 Å². The number of nitrogens with zero attached hydrogens (tertiary/aromatic N) is 1. The minimum absolute atomic E-state index is 0.542. The number of nitrogens with one attached hydrogen (secondary N) is 2. The van der Waals surface area contributed by atoms with Crippen LogP contribution in [0.1, 0.15) is 33.6 Å². The van der Waals surface area contributed by atoms with E-state index in [1.54, 1.807) is 0 Å². The smallest absolute Gasteiger partial charge is 0.141 e. The Bertz CT molecular complexity index is 176. The third kappa shape index (κ3) is 4.40. The van der Waals surface area contributed by atoms with Crippen LogP contribution in [0.2, 0.25) is 0 Å². The van der Waals surface area contributed by atoms with E-state index in [1.807, 2.05) is 0 Å². The van der Waals surface area contributed by atoms with Crippen LogP contribution in [0.15, 0.2) is 0 Å². The molecule has 0 aromatic rings. The lowest BCUT2D eigenvalue weighted by atomic mass is 9.98. The second-order valence-electron chi connectivity index (χ2n) is 5.45. The molecule has 0 saturated carbocycles. The van der Waals surface area contributed by atoms with Gasteiger partial charge in [-0.25, -0.2) is 0 Å². The SMILES string of the molecule is CCC(C)C(C[N+](C)(C)C(CC)NC)NC. The molecule has 0 aromatic carbocycles. The number of likely N-dealkylation sites (N-methyl/N-ethyl adjacent to an activating group) is 2. The second-order valence-corrected chi connectivity index (χ2v) is 5.45. The Labute approximate surface area is 102 Å². The van der Waals surface area contributed by atoms with Crippen molar-refractivity contribution in [2.75, 3.05) is 34.7 Å². The molecule has 0 saturated heterocycles. The highest BCUT2D eigenvalue weighted by Gasteiger charge is 2.30. The molecule has 0 radical (unpaired) electrons. The van der Waals surface area contributed by atoms with Crippen molar-refractivity contribution in [3.8, 4) is 0 Å². The highest BCUT2D eigenvalue weighted by atomic mass is 15.4. The van der Waals surface area contributed by atoms with Crippen LogP contribution in [-0.2, 0) is 0 Å². The Morgan fingerprint density at radius 1 is 1.00 bits per heavy atom. The lowest BCUT2D eigenvalue weighted by Gasteiger charge is -2.41. The number of rotatable bonds is 8. The van der Waals surface area contributed by atoms with Crippen molar-refractivity contribution in [3.63, 3.8) is 0 Å². The summed E-state index contributed by atoms with van der Waals surface area (Å²) in [5, 5.41) is 6.89. The second kappa shape index (κ2) is 7.25. The van der Waals surface area contributed by atoms with Crippen LogP contribution >= 0.6 is 0 Å². The monoisotopic (exact) mass is 230 g/mol. The van der Waals surface area contributed by atoms with Gasteiger partial charge in [-0.2, -0.15) is 0 Å². The first-order valence-electron chi connectivity index (χ1n) is 6.60. The molecule has 0 fully saturated rings. The summed E-state index contributed by atoms with van der Waals surface area (Å²) in [6.45, 7) is 8.02. The highest BCUT2D eigenvalue weighted by Crippen LogP contribution is 2.15. The zero-order chi connectivity index (χ0) is 12.8. The molecular weight excluding hydrogens is 198 g/mol.